The van der Waals surface area contributed by atoms with Crippen LogP contribution >= 0.6 is 12.4 Å². The summed E-state index contributed by atoms with van der Waals surface area (Å²) in [4.78, 5) is 14.4. The molecule has 150 valence electrons. The molecule has 0 spiro atoms. The summed E-state index contributed by atoms with van der Waals surface area (Å²) >= 11 is 0. The minimum absolute atomic E-state index is 0. The van der Waals surface area contributed by atoms with E-state index in [0.29, 0.717) is 6.54 Å². The number of ether oxygens (including phenoxy) is 1. The Morgan fingerprint density at radius 1 is 0.960 bits per heavy atom. The molecule has 0 unspecified atom stereocenters. The van der Waals surface area contributed by atoms with E-state index in [-0.39, 0.29) is 23.9 Å². The molecule has 0 radical (unpaired) electrons. The normalized spacial score (nSPS) is 15.6. The summed E-state index contributed by atoms with van der Waals surface area (Å²) in [6.45, 7) is 10.3. The van der Waals surface area contributed by atoms with Crippen molar-refractivity contribution in [2.24, 2.45) is 0 Å². The molecule has 0 aromatic carbocycles. The summed E-state index contributed by atoms with van der Waals surface area (Å²) in [6, 6.07) is 0. The summed E-state index contributed by atoms with van der Waals surface area (Å²) in [6.07, 6.45) is 13.2. The van der Waals surface area contributed by atoms with Crippen molar-refractivity contribution in [3.8, 4) is 0 Å². The number of halogens is 1. The Bertz CT molecular complexity index is 332. The van der Waals surface area contributed by atoms with Crippen LogP contribution < -0.4 is 5.32 Å². The zero-order valence-corrected chi connectivity index (χ0v) is 17.6. The van der Waals surface area contributed by atoms with Crippen LogP contribution in [-0.4, -0.2) is 49.2 Å². The van der Waals surface area contributed by atoms with E-state index in [2.05, 4.69) is 31.0 Å². The topological polar surface area (TPSA) is 41.6 Å². The average molecular weight is 377 g/mol. The molecular formula is C20H41ClN2O2. The number of unbranched alkanes of at least 4 members (excludes halogenated alkanes) is 8. The van der Waals surface area contributed by atoms with Crippen LogP contribution in [0.4, 0.5) is 0 Å². The number of carbonyl (C=O) groups is 1. The van der Waals surface area contributed by atoms with E-state index < -0.39 is 0 Å². The third-order valence-electron chi connectivity index (χ3n) is 4.85. The van der Waals surface area contributed by atoms with Crippen molar-refractivity contribution in [2.45, 2.75) is 90.5 Å². The molecule has 0 atom stereocenters. The van der Waals surface area contributed by atoms with Gasteiger partial charge in [-0.15, -0.1) is 12.4 Å². The Morgan fingerprint density at radius 3 is 2.04 bits per heavy atom. The number of nitrogens with one attached hydrogen (secondary N) is 1. The van der Waals surface area contributed by atoms with Gasteiger partial charge in [0.2, 0.25) is 5.91 Å². The van der Waals surface area contributed by atoms with Gasteiger partial charge < -0.3 is 10.1 Å². The number of hydrogen-bond acceptors (Lipinski definition) is 3. The quantitative estimate of drug-likeness (QED) is 0.479. The molecule has 5 heteroatoms. The van der Waals surface area contributed by atoms with Crippen molar-refractivity contribution in [2.75, 3.05) is 32.8 Å². The molecule has 0 saturated carbocycles. The molecule has 1 N–H and O–H groups in total. The molecule has 0 bridgehead atoms. The van der Waals surface area contributed by atoms with Gasteiger partial charge in [-0.3, -0.25) is 9.69 Å². The first-order chi connectivity index (χ1) is 11.5. The first-order valence-electron chi connectivity index (χ1n) is 10.1. The molecule has 25 heavy (non-hydrogen) atoms. The minimum Gasteiger partial charge on any atom is -0.379 e. The van der Waals surface area contributed by atoms with Gasteiger partial charge in [-0.1, -0.05) is 64.7 Å². The molecule has 1 fully saturated rings. The first kappa shape index (κ1) is 24.7. The molecule has 4 nitrogen and oxygen atoms in total. The van der Waals surface area contributed by atoms with Gasteiger partial charge in [0.05, 0.1) is 19.8 Å². The molecule has 1 amide bonds. The van der Waals surface area contributed by atoms with Gasteiger partial charge in [0.15, 0.2) is 0 Å². The van der Waals surface area contributed by atoms with Crippen molar-refractivity contribution in [1.82, 2.24) is 10.2 Å². The van der Waals surface area contributed by atoms with Crippen molar-refractivity contribution < 1.29 is 9.53 Å². The lowest BCUT2D eigenvalue weighted by atomic mass is 9.95. The highest BCUT2D eigenvalue weighted by Crippen LogP contribution is 2.16. The Morgan fingerprint density at radius 2 is 1.48 bits per heavy atom. The molecular weight excluding hydrogens is 336 g/mol. The third-order valence-corrected chi connectivity index (χ3v) is 4.85. The maximum Gasteiger partial charge on any atom is 0.234 e. The monoisotopic (exact) mass is 376 g/mol. The number of carbonyl (C=O) groups excluding carboxylic acids is 1. The van der Waals surface area contributed by atoms with E-state index in [1.54, 1.807) is 0 Å². The molecule has 0 aromatic heterocycles. The van der Waals surface area contributed by atoms with Crippen molar-refractivity contribution in [1.29, 1.82) is 0 Å². The highest BCUT2D eigenvalue weighted by Gasteiger charge is 2.21. The van der Waals surface area contributed by atoms with Gasteiger partial charge in [0.1, 0.15) is 0 Å². The van der Waals surface area contributed by atoms with Crippen molar-refractivity contribution in [3.05, 3.63) is 0 Å². The molecule has 1 rings (SSSR count). The van der Waals surface area contributed by atoms with E-state index in [4.69, 9.17) is 4.74 Å². The maximum absolute atomic E-state index is 12.2. The smallest absolute Gasteiger partial charge is 0.234 e. The number of hydrogen-bond donors (Lipinski definition) is 1. The van der Waals surface area contributed by atoms with Crippen LogP contribution in [0.25, 0.3) is 0 Å². The van der Waals surface area contributed by atoms with Crippen LogP contribution in [0.1, 0.15) is 85.0 Å². The molecule has 0 aromatic rings. The first-order valence-corrected chi connectivity index (χ1v) is 10.1. The van der Waals surface area contributed by atoms with E-state index in [1.807, 2.05) is 0 Å². The molecule has 1 aliphatic rings. The van der Waals surface area contributed by atoms with Crippen LogP contribution in [0.15, 0.2) is 0 Å². The predicted molar refractivity (Wildman–Crippen MR) is 109 cm³/mol. The lowest BCUT2D eigenvalue weighted by Crippen LogP contribution is -2.49. The fourth-order valence-corrected chi connectivity index (χ4v) is 3.32. The molecule has 0 aliphatic carbocycles. The zero-order valence-electron chi connectivity index (χ0n) is 16.8. The largest absolute Gasteiger partial charge is 0.379 e. The maximum atomic E-state index is 12.2. The SMILES string of the molecule is CCCCCCCCCCCC(C)(C)NC(=O)CN1CCOCC1.Cl. The fourth-order valence-electron chi connectivity index (χ4n) is 3.32. The lowest BCUT2D eigenvalue weighted by Gasteiger charge is -2.30. The van der Waals surface area contributed by atoms with Gasteiger partial charge in [-0.2, -0.15) is 0 Å². The minimum atomic E-state index is -0.0928. The van der Waals surface area contributed by atoms with Gasteiger partial charge in [0, 0.05) is 18.6 Å². The summed E-state index contributed by atoms with van der Waals surface area (Å²) in [5.74, 6) is 0.151. The molecule has 1 saturated heterocycles. The fraction of sp³-hybridized carbons (Fsp3) is 0.950. The number of amides is 1. The van der Waals surface area contributed by atoms with E-state index >= 15 is 0 Å². The van der Waals surface area contributed by atoms with E-state index in [9.17, 15) is 4.79 Å². The predicted octanol–water partition coefficient (Wildman–Crippen LogP) is 4.56. The van der Waals surface area contributed by atoms with Gasteiger partial charge >= 0.3 is 0 Å². The highest BCUT2D eigenvalue weighted by atomic mass is 35.5. The molecule has 1 heterocycles. The summed E-state index contributed by atoms with van der Waals surface area (Å²) in [5, 5.41) is 3.21. The standard InChI is InChI=1S/C20H40N2O2.ClH/c1-4-5-6-7-8-9-10-11-12-13-20(2,3)21-19(23)18-22-14-16-24-17-15-22;/h4-18H2,1-3H3,(H,21,23);1H. The van der Waals surface area contributed by atoms with Crippen LogP contribution in [0.3, 0.4) is 0 Å². The average Bonchev–Trinajstić information content (AvgIpc) is 2.53. The van der Waals surface area contributed by atoms with E-state index in [1.165, 1.54) is 57.8 Å². The Balaban J connectivity index is 0.00000576. The van der Waals surface area contributed by atoms with Gasteiger partial charge in [-0.25, -0.2) is 0 Å². The number of nitrogens with zero attached hydrogens (tertiary/aromatic N) is 1. The van der Waals surface area contributed by atoms with Crippen LogP contribution in [0.2, 0.25) is 0 Å². The van der Waals surface area contributed by atoms with Gasteiger partial charge in [-0.05, 0) is 20.3 Å². The second kappa shape index (κ2) is 14.8. The summed E-state index contributed by atoms with van der Waals surface area (Å²) in [5.41, 5.74) is -0.0928. The second-order valence-electron chi connectivity index (χ2n) is 7.90. The lowest BCUT2D eigenvalue weighted by molar-refractivity contribution is -0.124. The number of rotatable bonds is 13. The third kappa shape index (κ3) is 13.5. The molecule has 1 aliphatic heterocycles. The van der Waals surface area contributed by atoms with E-state index in [0.717, 1.165) is 32.7 Å². The van der Waals surface area contributed by atoms with Crippen LogP contribution in [0, 0.1) is 0 Å². The highest BCUT2D eigenvalue weighted by molar-refractivity contribution is 5.85. The number of morpholine rings is 1. The Hall–Kier alpha value is -0.320. The Labute approximate surface area is 161 Å². The zero-order chi connectivity index (χ0) is 17.7. The van der Waals surface area contributed by atoms with Crippen molar-refractivity contribution >= 4 is 18.3 Å². The Kier molecular flexibility index (Phi) is 14.6. The van der Waals surface area contributed by atoms with Crippen molar-refractivity contribution in [3.63, 3.8) is 0 Å². The van der Waals surface area contributed by atoms with Crippen LogP contribution in [-0.2, 0) is 9.53 Å². The second-order valence-corrected chi connectivity index (χ2v) is 7.90. The van der Waals surface area contributed by atoms with Crippen LogP contribution in [0.5, 0.6) is 0 Å². The summed E-state index contributed by atoms with van der Waals surface area (Å²) < 4.78 is 5.32. The summed E-state index contributed by atoms with van der Waals surface area (Å²) in [7, 11) is 0. The van der Waals surface area contributed by atoms with Gasteiger partial charge in [0.25, 0.3) is 0 Å².